The summed E-state index contributed by atoms with van der Waals surface area (Å²) in [5, 5.41) is 3.13. The van der Waals surface area contributed by atoms with Crippen LogP contribution < -0.4 is 5.32 Å². The maximum atomic E-state index is 12.3. The minimum atomic E-state index is -0.371. The molecule has 0 aromatic carbocycles. The number of nitrogens with one attached hydrogen (secondary N) is 1. The summed E-state index contributed by atoms with van der Waals surface area (Å²) in [4.78, 5) is 42.6. The van der Waals surface area contributed by atoms with Gasteiger partial charge < -0.3 is 5.32 Å². The zero-order valence-corrected chi connectivity index (χ0v) is 12.6. The maximum Gasteiger partial charge on any atom is 0.246 e. The molecule has 2 heterocycles. The first-order chi connectivity index (χ1) is 10.1. The van der Waals surface area contributed by atoms with Gasteiger partial charge >= 0.3 is 0 Å². The maximum absolute atomic E-state index is 12.3. The SMILES string of the molecule is Cc1cnc(NC(=O)CN2C(=O)C3CCCCC3C2=O)s1. The fraction of sp³-hybridized carbons (Fsp3) is 0.571. The fourth-order valence-corrected chi connectivity index (χ4v) is 3.78. The van der Waals surface area contributed by atoms with Crippen molar-refractivity contribution in [2.24, 2.45) is 11.8 Å². The van der Waals surface area contributed by atoms with E-state index in [0.29, 0.717) is 5.13 Å². The fourth-order valence-electron chi connectivity index (χ4n) is 3.10. The zero-order chi connectivity index (χ0) is 15.0. The van der Waals surface area contributed by atoms with Gasteiger partial charge in [-0.2, -0.15) is 0 Å². The molecular formula is C14H17N3O3S. The lowest BCUT2D eigenvalue weighted by atomic mass is 9.81. The Morgan fingerprint density at radius 1 is 1.33 bits per heavy atom. The van der Waals surface area contributed by atoms with Gasteiger partial charge in [-0.05, 0) is 19.8 Å². The van der Waals surface area contributed by atoms with Crippen molar-refractivity contribution in [1.82, 2.24) is 9.88 Å². The molecule has 0 radical (unpaired) electrons. The quantitative estimate of drug-likeness (QED) is 0.860. The van der Waals surface area contributed by atoms with Crippen LogP contribution in [0.5, 0.6) is 0 Å². The lowest BCUT2D eigenvalue weighted by Crippen LogP contribution is -2.38. The number of carbonyl (C=O) groups excluding carboxylic acids is 3. The molecule has 6 nitrogen and oxygen atoms in total. The number of aryl methyl sites for hydroxylation is 1. The highest BCUT2D eigenvalue weighted by atomic mass is 32.1. The van der Waals surface area contributed by atoms with Crippen LogP contribution in [0.15, 0.2) is 6.20 Å². The summed E-state index contributed by atoms with van der Waals surface area (Å²) in [6.45, 7) is 1.69. The second-order valence-corrected chi connectivity index (χ2v) is 6.82. The predicted octanol–water partition coefficient (Wildman–Crippen LogP) is 1.57. The predicted molar refractivity (Wildman–Crippen MR) is 77.6 cm³/mol. The number of hydrogen-bond acceptors (Lipinski definition) is 5. The van der Waals surface area contributed by atoms with E-state index < -0.39 is 0 Å². The molecule has 3 amide bonds. The van der Waals surface area contributed by atoms with Crippen LogP contribution in [0.4, 0.5) is 5.13 Å². The first-order valence-electron chi connectivity index (χ1n) is 7.14. The summed E-state index contributed by atoms with van der Waals surface area (Å²) >= 11 is 1.36. The summed E-state index contributed by atoms with van der Waals surface area (Å²) in [6.07, 6.45) is 5.16. The van der Waals surface area contributed by atoms with Crippen molar-refractivity contribution in [3.8, 4) is 0 Å². The number of thiazole rings is 1. The van der Waals surface area contributed by atoms with Crippen LogP contribution in [0.3, 0.4) is 0 Å². The molecule has 1 aliphatic carbocycles. The highest BCUT2D eigenvalue weighted by molar-refractivity contribution is 7.15. The summed E-state index contributed by atoms with van der Waals surface area (Å²) in [7, 11) is 0. The van der Waals surface area contributed by atoms with E-state index in [0.717, 1.165) is 35.5 Å². The second kappa shape index (κ2) is 5.55. The van der Waals surface area contributed by atoms with Crippen molar-refractivity contribution in [2.75, 3.05) is 11.9 Å². The minimum absolute atomic E-state index is 0.185. The number of aromatic nitrogens is 1. The third kappa shape index (κ3) is 2.70. The van der Waals surface area contributed by atoms with Crippen molar-refractivity contribution < 1.29 is 14.4 Å². The molecule has 1 aromatic heterocycles. The Morgan fingerprint density at radius 3 is 2.48 bits per heavy atom. The van der Waals surface area contributed by atoms with E-state index in [2.05, 4.69) is 10.3 Å². The molecule has 7 heteroatoms. The zero-order valence-electron chi connectivity index (χ0n) is 11.8. The van der Waals surface area contributed by atoms with Crippen LogP contribution in [-0.2, 0) is 14.4 Å². The lowest BCUT2D eigenvalue weighted by Gasteiger charge is -2.19. The molecule has 3 rings (SSSR count). The molecule has 112 valence electrons. The molecule has 1 saturated carbocycles. The van der Waals surface area contributed by atoms with E-state index in [-0.39, 0.29) is 36.1 Å². The molecule has 2 fully saturated rings. The molecule has 1 aromatic rings. The molecule has 0 bridgehead atoms. The number of rotatable bonds is 3. The molecule has 1 N–H and O–H groups in total. The molecule has 2 atom stereocenters. The third-order valence-corrected chi connectivity index (χ3v) is 4.93. The Kier molecular flexibility index (Phi) is 3.75. The van der Waals surface area contributed by atoms with Gasteiger partial charge in [0.1, 0.15) is 6.54 Å². The van der Waals surface area contributed by atoms with Gasteiger partial charge in [0.25, 0.3) is 0 Å². The first kappa shape index (κ1) is 14.2. The van der Waals surface area contributed by atoms with Gasteiger partial charge in [0.15, 0.2) is 5.13 Å². The van der Waals surface area contributed by atoms with Crippen molar-refractivity contribution in [3.63, 3.8) is 0 Å². The number of amides is 3. The Bertz CT molecular complexity index is 574. The van der Waals surface area contributed by atoms with Crippen LogP contribution in [0.25, 0.3) is 0 Å². The average Bonchev–Trinajstić information content (AvgIpc) is 2.97. The number of likely N-dealkylation sites (tertiary alicyclic amines) is 1. The number of imide groups is 1. The van der Waals surface area contributed by atoms with Crippen molar-refractivity contribution >= 4 is 34.2 Å². The van der Waals surface area contributed by atoms with Crippen LogP contribution in [0, 0.1) is 18.8 Å². The van der Waals surface area contributed by atoms with Crippen LogP contribution >= 0.6 is 11.3 Å². The van der Waals surface area contributed by atoms with E-state index in [1.165, 1.54) is 11.3 Å². The van der Waals surface area contributed by atoms with E-state index in [4.69, 9.17) is 0 Å². The molecule has 1 saturated heterocycles. The van der Waals surface area contributed by atoms with Gasteiger partial charge in [-0.15, -0.1) is 11.3 Å². The number of anilines is 1. The molecular weight excluding hydrogens is 290 g/mol. The Balaban J connectivity index is 1.65. The Hall–Kier alpha value is -1.76. The monoisotopic (exact) mass is 307 g/mol. The topological polar surface area (TPSA) is 79.4 Å². The van der Waals surface area contributed by atoms with Crippen LogP contribution in [-0.4, -0.2) is 34.2 Å². The normalized spacial score (nSPS) is 25.1. The van der Waals surface area contributed by atoms with E-state index in [1.54, 1.807) is 6.20 Å². The van der Waals surface area contributed by atoms with Crippen molar-refractivity contribution in [3.05, 3.63) is 11.1 Å². The number of carbonyl (C=O) groups is 3. The van der Waals surface area contributed by atoms with Gasteiger partial charge in [-0.1, -0.05) is 12.8 Å². The van der Waals surface area contributed by atoms with Gasteiger partial charge in [-0.3, -0.25) is 19.3 Å². The van der Waals surface area contributed by atoms with Gasteiger partial charge in [-0.25, -0.2) is 4.98 Å². The molecule has 21 heavy (non-hydrogen) atoms. The van der Waals surface area contributed by atoms with Crippen LogP contribution in [0.1, 0.15) is 30.6 Å². The summed E-state index contributed by atoms with van der Waals surface area (Å²) in [5.41, 5.74) is 0. The molecule has 2 aliphatic rings. The van der Waals surface area contributed by atoms with Gasteiger partial charge in [0.2, 0.25) is 17.7 Å². The highest BCUT2D eigenvalue weighted by Gasteiger charge is 2.48. The van der Waals surface area contributed by atoms with Crippen LogP contribution in [0.2, 0.25) is 0 Å². The van der Waals surface area contributed by atoms with Crippen molar-refractivity contribution in [1.29, 1.82) is 0 Å². The molecule has 0 spiro atoms. The molecule has 1 aliphatic heterocycles. The summed E-state index contributed by atoms with van der Waals surface area (Å²) in [6, 6.07) is 0. The standard InChI is InChI=1S/C14H17N3O3S/c1-8-6-15-14(21-8)16-11(18)7-17-12(19)9-4-2-3-5-10(9)13(17)20/h6,9-10H,2-5,7H2,1H3,(H,15,16,18). The van der Waals surface area contributed by atoms with Gasteiger partial charge in [0.05, 0.1) is 11.8 Å². The average molecular weight is 307 g/mol. The van der Waals surface area contributed by atoms with E-state index in [1.807, 2.05) is 6.92 Å². The smallest absolute Gasteiger partial charge is 0.246 e. The highest BCUT2D eigenvalue weighted by Crippen LogP contribution is 2.37. The number of nitrogens with zero attached hydrogens (tertiary/aromatic N) is 2. The summed E-state index contributed by atoms with van der Waals surface area (Å²) < 4.78 is 0. The molecule has 2 unspecified atom stereocenters. The first-order valence-corrected chi connectivity index (χ1v) is 7.95. The van der Waals surface area contributed by atoms with E-state index >= 15 is 0 Å². The number of hydrogen-bond donors (Lipinski definition) is 1. The van der Waals surface area contributed by atoms with E-state index in [9.17, 15) is 14.4 Å². The van der Waals surface area contributed by atoms with Crippen molar-refractivity contribution in [2.45, 2.75) is 32.6 Å². The van der Waals surface area contributed by atoms with Gasteiger partial charge in [0, 0.05) is 11.1 Å². The summed E-state index contributed by atoms with van der Waals surface area (Å²) in [5.74, 6) is -1.16. The Labute approximate surface area is 126 Å². The largest absolute Gasteiger partial charge is 0.300 e. The number of fused-ring (bicyclic) bond motifs is 1. The lowest BCUT2D eigenvalue weighted by molar-refractivity contribution is -0.142. The third-order valence-electron chi connectivity index (χ3n) is 4.10. The second-order valence-electron chi connectivity index (χ2n) is 5.58. The minimum Gasteiger partial charge on any atom is -0.300 e. The Morgan fingerprint density at radius 2 is 1.95 bits per heavy atom.